The fourth-order valence-corrected chi connectivity index (χ4v) is 2.06. The maximum absolute atomic E-state index is 5.46. The zero-order valence-electron chi connectivity index (χ0n) is 9.44. The van der Waals surface area contributed by atoms with Crippen molar-refractivity contribution in [3.63, 3.8) is 0 Å². The Bertz CT molecular complexity index is 535. The number of aryl methyl sites for hydroxylation is 1. The van der Waals surface area contributed by atoms with Crippen molar-refractivity contribution < 1.29 is 4.52 Å². The van der Waals surface area contributed by atoms with Crippen LogP contribution in [0.25, 0.3) is 11.5 Å². The van der Waals surface area contributed by atoms with E-state index in [4.69, 9.17) is 10.3 Å². The molecule has 0 radical (unpaired) electrons. The molecule has 0 bridgehead atoms. The van der Waals surface area contributed by atoms with E-state index >= 15 is 0 Å². The van der Waals surface area contributed by atoms with Crippen LogP contribution in [-0.2, 0) is 13.0 Å². The Kier molecular flexibility index (Phi) is 2.53. The molecule has 5 heteroatoms. The zero-order valence-corrected chi connectivity index (χ0v) is 9.44. The first kappa shape index (κ1) is 10.3. The minimum atomic E-state index is 0.302. The van der Waals surface area contributed by atoms with Crippen LogP contribution in [0.4, 0.5) is 5.69 Å². The van der Waals surface area contributed by atoms with Crippen molar-refractivity contribution in [2.75, 3.05) is 11.9 Å². The van der Waals surface area contributed by atoms with E-state index in [1.807, 2.05) is 6.07 Å². The van der Waals surface area contributed by atoms with Gasteiger partial charge in [0.2, 0.25) is 0 Å². The second-order valence-corrected chi connectivity index (χ2v) is 4.12. The van der Waals surface area contributed by atoms with Gasteiger partial charge in [0.1, 0.15) is 0 Å². The number of nitrogens with two attached hydrogens (primary N) is 1. The minimum absolute atomic E-state index is 0.302. The number of hydrogen-bond donors (Lipinski definition) is 2. The lowest BCUT2D eigenvalue weighted by molar-refractivity contribution is 0.423. The van der Waals surface area contributed by atoms with E-state index in [-0.39, 0.29) is 0 Å². The van der Waals surface area contributed by atoms with E-state index in [9.17, 15) is 0 Å². The Morgan fingerprint density at radius 2 is 2.35 bits per heavy atom. The molecule has 0 amide bonds. The van der Waals surface area contributed by atoms with Gasteiger partial charge in [0.15, 0.2) is 5.82 Å². The number of nitrogens with one attached hydrogen (secondary N) is 1. The molecule has 2 heterocycles. The van der Waals surface area contributed by atoms with Crippen LogP contribution in [0.3, 0.4) is 0 Å². The molecule has 1 aliphatic rings. The molecule has 0 atom stereocenters. The highest BCUT2D eigenvalue weighted by molar-refractivity contribution is 5.63. The number of rotatable bonds is 2. The number of anilines is 1. The van der Waals surface area contributed by atoms with Crippen molar-refractivity contribution in [1.82, 2.24) is 10.1 Å². The van der Waals surface area contributed by atoms with E-state index < -0.39 is 0 Å². The van der Waals surface area contributed by atoms with Gasteiger partial charge in [-0.05, 0) is 36.6 Å². The van der Waals surface area contributed by atoms with Crippen molar-refractivity contribution in [2.45, 2.75) is 19.4 Å². The highest BCUT2D eigenvalue weighted by Crippen LogP contribution is 2.27. The van der Waals surface area contributed by atoms with E-state index in [2.05, 4.69) is 27.6 Å². The smallest absolute Gasteiger partial charge is 0.257 e. The Balaban J connectivity index is 1.97. The van der Waals surface area contributed by atoms with Gasteiger partial charge in [-0.15, -0.1) is 0 Å². The van der Waals surface area contributed by atoms with Crippen LogP contribution in [0.1, 0.15) is 17.8 Å². The van der Waals surface area contributed by atoms with Gasteiger partial charge < -0.3 is 15.6 Å². The van der Waals surface area contributed by atoms with Crippen LogP contribution in [-0.4, -0.2) is 16.7 Å². The maximum atomic E-state index is 5.46. The summed E-state index contributed by atoms with van der Waals surface area (Å²) in [5.74, 6) is 1.08. The minimum Gasteiger partial charge on any atom is -0.385 e. The largest absolute Gasteiger partial charge is 0.385 e. The molecule has 3 N–H and O–H groups in total. The average molecular weight is 230 g/mol. The van der Waals surface area contributed by atoms with Crippen molar-refractivity contribution in [2.24, 2.45) is 5.73 Å². The molecule has 0 saturated heterocycles. The normalized spacial score (nSPS) is 14.2. The number of nitrogens with zero attached hydrogens (tertiary/aromatic N) is 2. The number of aromatic nitrogens is 2. The molecule has 2 aromatic rings. The Morgan fingerprint density at radius 1 is 1.41 bits per heavy atom. The Labute approximate surface area is 99.0 Å². The van der Waals surface area contributed by atoms with Gasteiger partial charge in [-0.2, -0.15) is 4.98 Å². The molecular formula is C12H14N4O. The molecule has 1 aromatic carbocycles. The summed E-state index contributed by atoms with van der Waals surface area (Å²) in [7, 11) is 0. The summed E-state index contributed by atoms with van der Waals surface area (Å²) in [5, 5.41) is 7.17. The highest BCUT2D eigenvalue weighted by atomic mass is 16.5. The molecular weight excluding hydrogens is 216 g/mol. The third-order valence-electron chi connectivity index (χ3n) is 2.94. The Hall–Kier alpha value is -1.88. The number of benzene rings is 1. The van der Waals surface area contributed by atoms with Crippen molar-refractivity contribution in [3.8, 4) is 11.5 Å². The Morgan fingerprint density at radius 3 is 3.18 bits per heavy atom. The van der Waals surface area contributed by atoms with Crippen LogP contribution in [0, 0.1) is 0 Å². The molecule has 0 saturated carbocycles. The molecule has 17 heavy (non-hydrogen) atoms. The monoisotopic (exact) mass is 230 g/mol. The summed E-state index contributed by atoms with van der Waals surface area (Å²) in [6.07, 6.45) is 2.25. The van der Waals surface area contributed by atoms with E-state index in [1.54, 1.807) is 0 Å². The predicted octanol–water partition coefficient (Wildman–Crippen LogP) is 1.55. The van der Waals surface area contributed by atoms with E-state index in [0.717, 1.165) is 24.9 Å². The number of hydrogen-bond acceptors (Lipinski definition) is 5. The second kappa shape index (κ2) is 4.18. The van der Waals surface area contributed by atoms with E-state index in [1.165, 1.54) is 11.3 Å². The lowest BCUT2D eigenvalue weighted by Crippen LogP contribution is -2.11. The highest BCUT2D eigenvalue weighted by Gasteiger charge is 2.12. The van der Waals surface area contributed by atoms with Gasteiger partial charge in [-0.1, -0.05) is 5.16 Å². The molecule has 1 aliphatic heterocycles. The van der Waals surface area contributed by atoms with Gasteiger partial charge >= 0.3 is 0 Å². The quantitative estimate of drug-likeness (QED) is 0.818. The molecule has 0 unspecified atom stereocenters. The zero-order chi connectivity index (χ0) is 11.7. The summed E-state index contributed by atoms with van der Waals surface area (Å²) < 4.78 is 5.17. The second-order valence-electron chi connectivity index (χ2n) is 4.12. The van der Waals surface area contributed by atoms with Gasteiger partial charge in [-0.3, -0.25) is 0 Å². The molecule has 1 aromatic heterocycles. The lowest BCUT2D eigenvalue weighted by Gasteiger charge is -2.17. The first-order valence-corrected chi connectivity index (χ1v) is 5.76. The van der Waals surface area contributed by atoms with Gasteiger partial charge in [0, 0.05) is 17.8 Å². The van der Waals surface area contributed by atoms with Crippen molar-refractivity contribution in [1.29, 1.82) is 0 Å². The summed E-state index contributed by atoms with van der Waals surface area (Å²) in [6, 6.07) is 6.16. The van der Waals surface area contributed by atoms with Crippen LogP contribution in [0.2, 0.25) is 0 Å². The van der Waals surface area contributed by atoms with Crippen LogP contribution < -0.4 is 11.1 Å². The molecule has 5 nitrogen and oxygen atoms in total. The van der Waals surface area contributed by atoms with E-state index in [0.29, 0.717) is 18.3 Å². The molecule has 0 spiro atoms. The van der Waals surface area contributed by atoms with Gasteiger partial charge in [-0.25, -0.2) is 0 Å². The third-order valence-corrected chi connectivity index (χ3v) is 2.94. The summed E-state index contributed by atoms with van der Waals surface area (Å²) in [6.45, 7) is 1.35. The standard InChI is InChI=1S/C12H14N4O/c13-7-11-15-12(17-16-11)9-3-4-10-8(6-9)2-1-5-14-10/h3-4,6,14H,1-2,5,7,13H2. The van der Waals surface area contributed by atoms with Crippen LogP contribution in [0.5, 0.6) is 0 Å². The van der Waals surface area contributed by atoms with Crippen LogP contribution in [0.15, 0.2) is 22.7 Å². The molecule has 88 valence electrons. The topological polar surface area (TPSA) is 77.0 Å². The summed E-state index contributed by atoms with van der Waals surface area (Å²) in [4.78, 5) is 4.22. The number of fused-ring (bicyclic) bond motifs is 1. The lowest BCUT2D eigenvalue weighted by atomic mass is 10.0. The van der Waals surface area contributed by atoms with Gasteiger partial charge in [0.25, 0.3) is 5.89 Å². The first-order chi connectivity index (χ1) is 8.36. The average Bonchev–Trinajstić information content (AvgIpc) is 2.87. The van der Waals surface area contributed by atoms with Gasteiger partial charge in [0.05, 0.1) is 6.54 Å². The maximum Gasteiger partial charge on any atom is 0.257 e. The molecule has 3 rings (SSSR count). The third kappa shape index (κ3) is 1.89. The van der Waals surface area contributed by atoms with Crippen molar-refractivity contribution >= 4 is 5.69 Å². The molecule has 0 fully saturated rings. The SMILES string of the molecule is NCc1noc(-c2ccc3c(c2)CCCN3)n1. The molecule has 0 aliphatic carbocycles. The summed E-state index contributed by atoms with van der Waals surface area (Å²) >= 11 is 0. The predicted molar refractivity (Wildman–Crippen MR) is 64.4 cm³/mol. The first-order valence-electron chi connectivity index (χ1n) is 5.76. The van der Waals surface area contributed by atoms with Crippen molar-refractivity contribution in [3.05, 3.63) is 29.6 Å². The van der Waals surface area contributed by atoms with Crippen LogP contribution >= 0.6 is 0 Å². The summed E-state index contributed by atoms with van der Waals surface area (Å²) in [5.41, 5.74) is 8.93. The fourth-order valence-electron chi connectivity index (χ4n) is 2.06. The fraction of sp³-hybridized carbons (Fsp3) is 0.333.